The molecule has 2 heterocycles. The number of fused-ring (bicyclic) bond motifs is 2. The summed E-state index contributed by atoms with van der Waals surface area (Å²) in [6, 6.07) is 17.0. The Bertz CT molecular complexity index is 907. The Kier molecular flexibility index (Phi) is 7.10. The van der Waals surface area contributed by atoms with Crippen molar-refractivity contribution in [1.82, 2.24) is 9.80 Å². The van der Waals surface area contributed by atoms with Gasteiger partial charge in [0.25, 0.3) is 0 Å². The maximum absolute atomic E-state index is 5.68. The van der Waals surface area contributed by atoms with Crippen LogP contribution in [0.4, 0.5) is 5.69 Å². The molecule has 30 heavy (non-hydrogen) atoms. The molecule has 158 valence electrons. The van der Waals surface area contributed by atoms with E-state index in [9.17, 15) is 0 Å². The molecule has 1 fully saturated rings. The molecule has 2 aliphatic rings. The zero-order chi connectivity index (χ0) is 20.8. The van der Waals surface area contributed by atoms with E-state index >= 15 is 0 Å². The van der Waals surface area contributed by atoms with Crippen LogP contribution >= 0.6 is 11.8 Å². The molecule has 0 radical (unpaired) electrons. The van der Waals surface area contributed by atoms with E-state index in [1.807, 2.05) is 18.7 Å². The van der Waals surface area contributed by atoms with Crippen LogP contribution in [0.5, 0.6) is 0 Å². The van der Waals surface area contributed by atoms with Gasteiger partial charge in [-0.25, -0.2) is 4.99 Å². The van der Waals surface area contributed by atoms with E-state index in [1.54, 1.807) is 0 Å². The zero-order valence-electron chi connectivity index (χ0n) is 17.5. The largest absolute Gasteiger partial charge is 0.496 e. The molecule has 1 saturated heterocycles. The van der Waals surface area contributed by atoms with Crippen molar-refractivity contribution in [1.29, 1.82) is 0 Å². The summed E-state index contributed by atoms with van der Waals surface area (Å²) in [5.74, 6) is 1.83. The first kappa shape index (κ1) is 21.0. The van der Waals surface area contributed by atoms with Gasteiger partial charge in [0.2, 0.25) is 0 Å². The summed E-state index contributed by atoms with van der Waals surface area (Å²) in [6.45, 7) is 12.4. The van der Waals surface area contributed by atoms with Crippen molar-refractivity contribution >= 4 is 23.3 Å². The molecule has 2 aliphatic heterocycles. The van der Waals surface area contributed by atoms with E-state index in [2.05, 4.69) is 64.9 Å². The first-order valence-corrected chi connectivity index (χ1v) is 11.3. The number of allylic oxidation sites excluding steroid dienone is 1. The fraction of sp³-hybridized carbons (Fsp3) is 0.375. The van der Waals surface area contributed by atoms with Crippen LogP contribution in [0.25, 0.3) is 0 Å². The van der Waals surface area contributed by atoms with Gasteiger partial charge in [0, 0.05) is 48.1 Å². The van der Waals surface area contributed by atoms with Gasteiger partial charge in [0.1, 0.15) is 12.4 Å². The molecule has 0 aromatic heterocycles. The Morgan fingerprint density at radius 3 is 2.50 bits per heavy atom. The molecule has 2 aromatic carbocycles. The lowest BCUT2D eigenvalue weighted by atomic mass is 10.1. The Labute approximate surface area is 183 Å². The van der Waals surface area contributed by atoms with E-state index < -0.39 is 0 Å². The lowest BCUT2D eigenvalue weighted by molar-refractivity contribution is 0.0554. The summed E-state index contributed by atoms with van der Waals surface area (Å²) in [7, 11) is 0. The van der Waals surface area contributed by atoms with Gasteiger partial charge in [-0.05, 0) is 25.1 Å². The number of hydrogen-bond acceptors (Lipinski definition) is 6. The third-order valence-electron chi connectivity index (χ3n) is 5.24. The van der Waals surface area contributed by atoms with Gasteiger partial charge < -0.3 is 14.4 Å². The Morgan fingerprint density at radius 1 is 0.967 bits per heavy atom. The lowest BCUT2D eigenvalue weighted by Crippen LogP contribution is -2.49. The van der Waals surface area contributed by atoms with Crippen LogP contribution in [0.2, 0.25) is 0 Å². The molecule has 5 nitrogen and oxygen atoms in total. The van der Waals surface area contributed by atoms with Crippen LogP contribution in [0.15, 0.2) is 75.7 Å². The average molecular weight is 424 g/mol. The smallest absolute Gasteiger partial charge is 0.137 e. The number of piperazine rings is 1. The van der Waals surface area contributed by atoms with Crippen molar-refractivity contribution < 1.29 is 9.47 Å². The molecule has 0 amide bonds. The number of aliphatic imine (C=N–C) groups is 1. The van der Waals surface area contributed by atoms with Crippen LogP contribution in [0.1, 0.15) is 12.5 Å². The van der Waals surface area contributed by atoms with Crippen LogP contribution in [0, 0.1) is 0 Å². The Hall–Kier alpha value is -2.28. The van der Waals surface area contributed by atoms with Gasteiger partial charge in [0.15, 0.2) is 0 Å². The second-order valence-electron chi connectivity index (χ2n) is 7.49. The number of rotatable bonds is 7. The molecule has 2 aromatic rings. The zero-order valence-corrected chi connectivity index (χ0v) is 18.4. The highest BCUT2D eigenvalue weighted by molar-refractivity contribution is 7.99. The van der Waals surface area contributed by atoms with Crippen LogP contribution in [-0.2, 0) is 9.47 Å². The normalized spacial score (nSPS) is 16.3. The van der Waals surface area contributed by atoms with Gasteiger partial charge in [-0.3, -0.25) is 4.90 Å². The van der Waals surface area contributed by atoms with E-state index in [0.717, 1.165) is 56.6 Å². The molecule has 0 bridgehead atoms. The molecule has 0 spiro atoms. The van der Waals surface area contributed by atoms with E-state index in [4.69, 9.17) is 14.5 Å². The van der Waals surface area contributed by atoms with Gasteiger partial charge in [0.05, 0.1) is 24.7 Å². The first-order chi connectivity index (χ1) is 14.7. The number of para-hydroxylation sites is 1. The molecule has 0 atom stereocenters. The molecule has 0 unspecified atom stereocenters. The minimum absolute atomic E-state index is 0.571. The predicted octanol–water partition coefficient (Wildman–Crippen LogP) is 4.41. The highest BCUT2D eigenvalue weighted by atomic mass is 32.2. The number of hydrogen-bond donors (Lipinski definition) is 0. The van der Waals surface area contributed by atoms with Crippen molar-refractivity contribution in [2.75, 3.05) is 52.5 Å². The van der Waals surface area contributed by atoms with Crippen molar-refractivity contribution in [3.8, 4) is 0 Å². The number of ether oxygens (including phenoxy) is 2. The minimum atomic E-state index is 0.571. The van der Waals surface area contributed by atoms with Gasteiger partial charge in [-0.2, -0.15) is 0 Å². The third kappa shape index (κ3) is 5.25. The second-order valence-corrected chi connectivity index (χ2v) is 8.58. The van der Waals surface area contributed by atoms with Gasteiger partial charge >= 0.3 is 0 Å². The average Bonchev–Trinajstić information content (AvgIpc) is 2.93. The topological polar surface area (TPSA) is 37.3 Å². The summed E-state index contributed by atoms with van der Waals surface area (Å²) in [5.41, 5.74) is 2.29. The molecule has 6 heteroatoms. The summed E-state index contributed by atoms with van der Waals surface area (Å²) in [6.07, 6.45) is 0. The van der Waals surface area contributed by atoms with Crippen molar-refractivity contribution in [3.63, 3.8) is 0 Å². The quantitative estimate of drug-likeness (QED) is 0.487. The van der Waals surface area contributed by atoms with E-state index in [0.29, 0.717) is 13.2 Å². The SMILES string of the molecule is C=C(C)OCCOCCN1CCN(C2=Nc3ccccc3Sc3ccccc32)CC1. The van der Waals surface area contributed by atoms with E-state index in [1.165, 1.54) is 15.4 Å². The maximum atomic E-state index is 5.68. The molecular weight excluding hydrogens is 394 g/mol. The van der Waals surface area contributed by atoms with Crippen molar-refractivity contribution in [3.05, 3.63) is 66.4 Å². The molecule has 0 saturated carbocycles. The van der Waals surface area contributed by atoms with Crippen LogP contribution in [-0.4, -0.2) is 68.2 Å². The van der Waals surface area contributed by atoms with Gasteiger partial charge in [-0.15, -0.1) is 0 Å². The molecule has 0 aliphatic carbocycles. The predicted molar refractivity (Wildman–Crippen MR) is 123 cm³/mol. The summed E-state index contributed by atoms with van der Waals surface area (Å²) in [4.78, 5) is 12.5. The molecule has 0 N–H and O–H groups in total. The Balaban J connectivity index is 1.36. The first-order valence-electron chi connectivity index (χ1n) is 10.5. The van der Waals surface area contributed by atoms with Crippen molar-refractivity contribution in [2.24, 2.45) is 4.99 Å². The second kappa shape index (κ2) is 10.2. The number of benzene rings is 2. The maximum Gasteiger partial charge on any atom is 0.137 e. The Morgan fingerprint density at radius 2 is 1.70 bits per heavy atom. The fourth-order valence-electron chi connectivity index (χ4n) is 3.66. The third-order valence-corrected chi connectivity index (χ3v) is 6.38. The standard InChI is InChI=1S/C24H29N3O2S/c1-19(2)29-18-17-28-16-15-26-11-13-27(14-12-26)24-20-7-3-5-9-22(20)30-23-10-6-4-8-21(23)25-24/h3-10H,1,11-18H2,2H3. The molecular formula is C24H29N3O2S. The lowest BCUT2D eigenvalue weighted by Gasteiger charge is -2.36. The highest BCUT2D eigenvalue weighted by Crippen LogP contribution is 2.40. The highest BCUT2D eigenvalue weighted by Gasteiger charge is 2.24. The number of amidine groups is 1. The molecule has 4 rings (SSSR count). The summed E-state index contributed by atoms with van der Waals surface area (Å²) >= 11 is 1.81. The minimum Gasteiger partial charge on any atom is -0.496 e. The van der Waals surface area contributed by atoms with Crippen molar-refractivity contribution in [2.45, 2.75) is 16.7 Å². The monoisotopic (exact) mass is 423 g/mol. The van der Waals surface area contributed by atoms with Crippen LogP contribution in [0.3, 0.4) is 0 Å². The fourth-order valence-corrected chi connectivity index (χ4v) is 4.68. The van der Waals surface area contributed by atoms with Crippen LogP contribution < -0.4 is 0 Å². The van der Waals surface area contributed by atoms with E-state index in [-0.39, 0.29) is 0 Å². The van der Waals surface area contributed by atoms with Gasteiger partial charge in [-0.1, -0.05) is 48.7 Å². The number of nitrogens with zero attached hydrogens (tertiary/aromatic N) is 3. The summed E-state index contributed by atoms with van der Waals surface area (Å²) in [5, 5.41) is 0. The summed E-state index contributed by atoms with van der Waals surface area (Å²) < 4.78 is 11.0.